The van der Waals surface area contributed by atoms with Crippen LogP contribution in [0.15, 0.2) is 18.2 Å². The van der Waals surface area contributed by atoms with Crippen molar-refractivity contribution in [1.82, 2.24) is 5.01 Å². The third-order valence-corrected chi connectivity index (χ3v) is 3.16. The number of hydrogen-bond donors (Lipinski definition) is 1. The van der Waals surface area contributed by atoms with Crippen LogP contribution in [0.3, 0.4) is 0 Å². The van der Waals surface area contributed by atoms with Gasteiger partial charge in [0.25, 0.3) is 0 Å². The van der Waals surface area contributed by atoms with E-state index in [2.05, 4.69) is 12.1 Å². The minimum atomic E-state index is -0.0456. The maximum absolute atomic E-state index is 11.5. The third-order valence-electron chi connectivity index (χ3n) is 3.16. The standard InChI is InChI=1S/C13H18N2O/c1-15(14)13(16)9-10-6-7-11-4-2-3-5-12(11)8-10/h6-8H,2-5,9,14H2,1H3. The van der Waals surface area contributed by atoms with E-state index in [1.165, 1.54) is 30.4 Å². The van der Waals surface area contributed by atoms with Gasteiger partial charge >= 0.3 is 0 Å². The minimum absolute atomic E-state index is 0.0456. The van der Waals surface area contributed by atoms with E-state index >= 15 is 0 Å². The third kappa shape index (κ3) is 2.42. The summed E-state index contributed by atoms with van der Waals surface area (Å²) in [5, 5.41) is 1.15. The zero-order chi connectivity index (χ0) is 11.5. The number of hydrogen-bond acceptors (Lipinski definition) is 2. The van der Waals surface area contributed by atoms with Crippen LogP contribution in [0.2, 0.25) is 0 Å². The van der Waals surface area contributed by atoms with Gasteiger partial charge in [0.15, 0.2) is 0 Å². The van der Waals surface area contributed by atoms with Gasteiger partial charge in [0.2, 0.25) is 5.91 Å². The number of amides is 1. The van der Waals surface area contributed by atoms with Crippen molar-refractivity contribution in [3.8, 4) is 0 Å². The molecular formula is C13H18N2O. The Kier molecular flexibility index (Phi) is 3.25. The Hall–Kier alpha value is -1.35. The summed E-state index contributed by atoms with van der Waals surface area (Å²) in [6.45, 7) is 0. The summed E-state index contributed by atoms with van der Waals surface area (Å²) in [4.78, 5) is 11.5. The van der Waals surface area contributed by atoms with Crippen LogP contribution >= 0.6 is 0 Å². The van der Waals surface area contributed by atoms with Gasteiger partial charge in [-0.05, 0) is 42.4 Å². The first-order valence-corrected chi connectivity index (χ1v) is 5.79. The fourth-order valence-electron chi connectivity index (χ4n) is 2.20. The van der Waals surface area contributed by atoms with Crippen molar-refractivity contribution in [3.05, 3.63) is 34.9 Å². The van der Waals surface area contributed by atoms with Crippen LogP contribution in [0.5, 0.6) is 0 Å². The molecule has 1 aromatic carbocycles. The Labute approximate surface area is 96.2 Å². The van der Waals surface area contributed by atoms with E-state index in [0.29, 0.717) is 6.42 Å². The van der Waals surface area contributed by atoms with Gasteiger partial charge in [0, 0.05) is 7.05 Å². The molecule has 0 bridgehead atoms. The highest BCUT2D eigenvalue weighted by Gasteiger charge is 2.11. The summed E-state index contributed by atoms with van der Waals surface area (Å²) in [6, 6.07) is 6.37. The molecule has 0 radical (unpaired) electrons. The predicted molar refractivity (Wildman–Crippen MR) is 63.7 cm³/mol. The summed E-state index contributed by atoms with van der Waals surface area (Å²) >= 11 is 0. The van der Waals surface area contributed by atoms with E-state index < -0.39 is 0 Å². The van der Waals surface area contributed by atoms with Crippen molar-refractivity contribution < 1.29 is 4.79 Å². The Morgan fingerprint density at radius 2 is 2.00 bits per heavy atom. The molecule has 2 rings (SSSR count). The molecule has 1 aliphatic rings. The molecule has 0 fully saturated rings. The van der Waals surface area contributed by atoms with Gasteiger partial charge in [-0.15, -0.1) is 0 Å². The van der Waals surface area contributed by atoms with Crippen molar-refractivity contribution in [2.24, 2.45) is 5.84 Å². The zero-order valence-electron chi connectivity index (χ0n) is 9.70. The predicted octanol–water partition coefficient (Wildman–Crippen LogP) is 1.44. The molecule has 0 heterocycles. The molecule has 3 nitrogen and oxygen atoms in total. The first-order valence-electron chi connectivity index (χ1n) is 5.79. The van der Waals surface area contributed by atoms with Crippen LogP contribution in [-0.4, -0.2) is 18.0 Å². The summed E-state index contributed by atoms with van der Waals surface area (Å²) in [5.74, 6) is 5.36. The molecular weight excluding hydrogens is 200 g/mol. The largest absolute Gasteiger partial charge is 0.284 e. The van der Waals surface area contributed by atoms with Crippen LogP contribution in [0, 0.1) is 0 Å². The molecule has 2 N–H and O–H groups in total. The van der Waals surface area contributed by atoms with Crippen LogP contribution in [0.4, 0.5) is 0 Å². The van der Waals surface area contributed by atoms with E-state index in [9.17, 15) is 4.79 Å². The van der Waals surface area contributed by atoms with Gasteiger partial charge in [0.1, 0.15) is 0 Å². The number of carbonyl (C=O) groups excluding carboxylic acids is 1. The lowest BCUT2D eigenvalue weighted by atomic mass is 9.90. The van der Waals surface area contributed by atoms with Crippen molar-refractivity contribution >= 4 is 5.91 Å². The molecule has 0 unspecified atom stereocenters. The highest BCUT2D eigenvalue weighted by Crippen LogP contribution is 2.22. The number of hydrazine groups is 1. The number of aryl methyl sites for hydroxylation is 2. The van der Waals surface area contributed by atoms with Crippen LogP contribution in [-0.2, 0) is 24.1 Å². The molecule has 0 spiro atoms. The molecule has 0 atom stereocenters. The Morgan fingerprint density at radius 1 is 1.31 bits per heavy atom. The molecule has 1 aliphatic carbocycles. The topological polar surface area (TPSA) is 46.3 Å². The molecule has 0 aromatic heterocycles. The number of carbonyl (C=O) groups is 1. The first-order chi connectivity index (χ1) is 7.66. The number of nitrogens with zero attached hydrogens (tertiary/aromatic N) is 1. The zero-order valence-corrected chi connectivity index (χ0v) is 9.70. The molecule has 1 amide bonds. The molecule has 1 aromatic rings. The average Bonchev–Trinajstić information content (AvgIpc) is 2.28. The van der Waals surface area contributed by atoms with Crippen molar-refractivity contribution in [2.75, 3.05) is 7.05 Å². The summed E-state index contributed by atoms with van der Waals surface area (Å²) in [5.41, 5.74) is 3.93. The number of likely N-dealkylation sites (N-methyl/N-ethyl adjacent to an activating group) is 1. The summed E-state index contributed by atoms with van der Waals surface area (Å²) in [6.07, 6.45) is 5.29. The van der Waals surface area contributed by atoms with Gasteiger partial charge in [-0.25, -0.2) is 5.84 Å². The highest BCUT2D eigenvalue weighted by molar-refractivity contribution is 5.77. The maximum Gasteiger partial charge on any atom is 0.240 e. The van der Waals surface area contributed by atoms with Gasteiger partial charge in [-0.2, -0.15) is 0 Å². The van der Waals surface area contributed by atoms with E-state index in [-0.39, 0.29) is 5.91 Å². The number of benzene rings is 1. The minimum Gasteiger partial charge on any atom is -0.284 e. The molecule has 0 saturated heterocycles. The van der Waals surface area contributed by atoms with Gasteiger partial charge < -0.3 is 0 Å². The molecule has 16 heavy (non-hydrogen) atoms. The normalized spacial score (nSPS) is 14.4. The Balaban J connectivity index is 2.14. The first kappa shape index (κ1) is 11.1. The molecule has 0 saturated carbocycles. The van der Waals surface area contributed by atoms with Crippen molar-refractivity contribution in [3.63, 3.8) is 0 Å². The van der Waals surface area contributed by atoms with Crippen LogP contribution < -0.4 is 5.84 Å². The van der Waals surface area contributed by atoms with Crippen LogP contribution in [0.1, 0.15) is 29.5 Å². The second-order valence-electron chi connectivity index (χ2n) is 4.49. The van der Waals surface area contributed by atoms with E-state index in [4.69, 9.17) is 5.84 Å². The summed E-state index contributed by atoms with van der Waals surface area (Å²) in [7, 11) is 1.58. The fourth-order valence-corrected chi connectivity index (χ4v) is 2.20. The van der Waals surface area contributed by atoms with Crippen molar-refractivity contribution in [1.29, 1.82) is 0 Å². The number of fused-ring (bicyclic) bond motifs is 1. The summed E-state index contributed by atoms with van der Waals surface area (Å²) < 4.78 is 0. The fraction of sp³-hybridized carbons (Fsp3) is 0.462. The van der Waals surface area contributed by atoms with E-state index in [0.717, 1.165) is 17.0 Å². The lowest BCUT2D eigenvalue weighted by molar-refractivity contribution is -0.129. The van der Waals surface area contributed by atoms with Gasteiger partial charge in [-0.1, -0.05) is 18.2 Å². The van der Waals surface area contributed by atoms with E-state index in [1.54, 1.807) is 7.05 Å². The smallest absolute Gasteiger partial charge is 0.240 e. The molecule has 86 valence electrons. The Morgan fingerprint density at radius 3 is 2.69 bits per heavy atom. The lowest BCUT2D eigenvalue weighted by Crippen LogP contribution is -2.34. The maximum atomic E-state index is 11.5. The van der Waals surface area contributed by atoms with Gasteiger partial charge in [-0.3, -0.25) is 9.80 Å². The van der Waals surface area contributed by atoms with Gasteiger partial charge in [0.05, 0.1) is 6.42 Å². The van der Waals surface area contributed by atoms with Crippen molar-refractivity contribution in [2.45, 2.75) is 32.1 Å². The average molecular weight is 218 g/mol. The second kappa shape index (κ2) is 4.66. The van der Waals surface area contributed by atoms with Crippen LogP contribution in [0.25, 0.3) is 0 Å². The monoisotopic (exact) mass is 218 g/mol. The quantitative estimate of drug-likeness (QED) is 0.464. The lowest BCUT2D eigenvalue weighted by Gasteiger charge is -2.17. The Bertz CT molecular complexity index is 399. The highest BCUT2D eigenvalue weighted by atomic mass is 16.2. The second-order valence-corrected chi connectivity index (χ2v) is 4.49. The van der Waals surface area contributed by atoms with E-state index in [1.807, 2.05) is 6.07 Å². The molecule has 3 heteroatoms. The number of rotatable bonds is 2. The molecule has 0 aliphatic heterocycles. The SMILES string of the molecule is CN(N)C(=O)Cc1ccc2c(c1)CCCC2. The number of nitrogens with two attached hydrogens (primary N) is 1.